The summed E-state index contributed by atoms with van der Waals surface area (Å²) in [5, 5.41) is 12.8. The smallest absolute Gasteiger partial charge is 0.323 e. The number of rotatable bonds is 8. The van der Waals surface area contributed by atoms with Gasteiger partial charge in [0.2, 0.25) is 0 Å². The Morgan fingerprint density at radius 2 is 1.83 bits per heavy atom. The van der Waals surface area contributed by atoms with Crippen molar-refractivity contribution in [1.29, 1.82) is 0 Å². The van der Waals surface area contributed by atoms with Crippen LogP contribution in [0.3, 0.4) is 0 Å². The summed E-state index contributed by atoms with van der Waals surface area (Å²) in [5.41, 5.74) is -0.672. The third kappa shape index (κ3) is 4.25. The van der Waals surface area contributed by atoms with Gasteiger partial charge in [-0.15, -0.1) is 0 Å². The number of hydrogen-bond acceptors (Lipinski definition) is 3. The van der Waals surface area contributed by atoms with Gasteiger partial charge in [0, 0.05) is 26.2 Å². The minimum Gasteiger partial charge on any atom is -0.480 e. The van der Waals surface area contributed by atoms with Gasteiger partial charge in [0.1, 0.15) is 5.54 Å². The molecule has 0 amide bonds. The summed E-state index contributed by atoms with van der Waals surface area (Å²) in [7, 11) is 0. The van der Waals surface area contributed by atoms with E-state index in [2.05, 4.69) is 17.1 Å². The van der Waals surface area contributed by atoms with Crippen molar-refractivity contribution in [2.24, 2.45) is 0 Å². The number of carbonyl (C=O) groups is 1. The van der Waals surface area contributed by atoms with Gasteiger partial charge in [-0.25, -0.2) is 0 Å². The van der Waals surface area contributed by atoms with E-state index in [1.54, 1.807) is 0 Å². The highest BCUT2D eigenvalue weighted by molar-refractivity contribution is 5.78. The number of nitrogens with zero attached hydrogens (tertiary/aromatic N) is 1. The second-order valence-corrected chi connectivity index (χ2v) is 5.48. The van der Waals surface area contributed by atoms with Gasteiger partial charge in [0.25, 0.3) is 0 Å². The number of carboxylic acid groups (broad SMARTS) is 1. The maximum Gasteiger partial charge on any atom is 0.323 e. The average Bonchev–Trinajstić information content (AvgIpc) is 2.39. The average molecular weight is 256 g/mol. The summed E-state index contributed by atoms with van der Waals surface area (Å²) in [6.45, 7) is 7.58. The van der Waals surface area contributed by atoms with Crippen LogP contribution in [0.4, 0.5) is 0 Å². The van der Waals surface area contributed by atoms with Crippen LogP contribution in [-0.4, -0.2) is 47.7 Å². The van der Waals surface area contributed by atoms with Gasteiger partial charge >= 0.3 is 5.97 Å². The molecule has 1 aliphatic heterocycles. The van der Waals surface area contributed by atoms with Crippen LogP contribution in [0.2, 0.25) is 0 Å². The van der Waals surface area contributed by atoms with Crippen molar-refractivity contribution in [3.63, 3.8) is 0 Å². The minimum absolute atomic E-state index is 0.667. The highest BCUT2D eigenvalue weighted by atomic mass is 16.4. The van der Waals surface area contributed by atoms with E-state index in [-0.39, 0.29) is 0 Å². The number of nitrogens with one attached hydrogen (secondary N) is 1. The molecule has 0 aromatic rings. The lowest BCUT2D eigenvalue weighted by atomic mass is 9.91. The number of aliphatic carboxylic acids is 1. The molecule has 1 heterocycles. The highest BCUT2D eigenvalue weighted by Crippen LogP contribution is 2.24. The van der Waals surface area contributed by atoms with E-state index in [0.29, 0.717) is 0 Å². The first kappa shape index (κ1) is 15.4. The van der Waals surface area contributed by atoms with Crippen LogP contribution in [0, 0.1) is 0 Å². The van der Waals surface area contributed by atoms with Crippen LogP contribution >= 0.6 is 0 Å². The standard InChI is InChI=1S/C14H28N2O2/c1-3-4-5-6-7-8-14(2,13(17)18)16-11-9-15-10-12-16/h15H,3-12H2,1-2H3,(H,17,18). The third-order valence-corrected chi connectivity index (χ3v) is 4.04. The number of piperazine rings is 1. The van der Waals surface area contributed by atoms with Gasteiger partial charge in [0.05, 0.1) is 0 Å². The predicted molar refractivity (Wildman–Crippen MR) is 73.9 cm³/mol. The summed E-state index contributed by atoms with van der Waals surface area (Å²) in [6, 6.07) is 0. The fourth-order valence-corrected chi connectivity index (χ4v) is 2.63. The molecule has 0 spiro atoms. The zero-order valence-corrected chi connectivity index (χ0v) is 11.9. The van der Waals surface area contributed by atoms with Crippen molar-refractivity contribution in [3.8, 4) is 0 Å². The summed E-state index contributed by atoms with van der Waals surface area (Å²) >= 11 is 0. The van der Waals surface area contributed by atoms with E-state index >= 15 is 0 Å². The van der Waals surface area contributed by atoms with Gasteiger partial charge < -0.3 is 10.4 Å². The molecule has 1 aliphatic rings. The van der Waals surface area contributed by atoms with Crippen molar-refractivity contribution < 1.29 is 9.90 Å². The molecule has 0 saturated carbocycles. The minimum atomic E-state index is -0.672. The van der Waals surface area contributed by atoms with Crippen molar-refractivity contribution in [3.05, 3.63) is 0 Å². The molecule has 0 radical (unpaired) electrons. The SMILES string of the molecule is CCCCCCCC(C)(C(=O)O)N1CCNCC1. The van der Waals surface area contributed by atoms with Gasteiger partial charge in [-0.3, -0.25) is 9.69 Å². The molecule has 1 unspecified atom stereocenters. The number of carboxylic acids is 1. The Labute approximate surface area is 111 Å². The number of hydrogen-bond donors (Lipinski definition) is 2. The molecule has 4 heteroatoms. The largest absolute Gasteiger partial charge is 0.480 e. The van der Waals surface area contributed by atoms with Gasteiger partial charge in [-0.2, -0.15) is 0 Å². The van der Waals surface area contributed by atoms with Gasteiger partial charge in [-0.05, 0) is 13.3 Å². The molecule has 0 bridgehead atoms. The Morgan fingerprint density at radius 1 is 1.22 bits per heavy atom. The zero-order chi connectivity index (χ0) is 13.4. The molecule has 106 valence electrons. The predicted octanol–water partition coefficient (Wildman–Crippen LogP) is 2.10. The molecule has 0 aliphatic carbocycles. The maximum absolute atomic E-state index is 11.6. The highest BCUT2D eigenvalue weighted by Gasteiger charge is 2.39. The Morgan fingerprint density at radius 3 is 2.39 bits per heavy atom. The summed E-state index contributed by atoms with van der Waals surface area (Å²) in [5.74, 6) is -0.667. The Kier molecular flexibility index (Phi) is 6.65. The Hall–Kier alpha value is -0.610. The molecule has 18 heavy (non-hydrogen) atoms. The molecular formula is C14H28N2O2. The quantitative estimate of drug-likeness (QED) is 0.653. The first-order chi connectivity index (χ1) is 8.61. The molecule has 1 rings (SSSR count). The van der Waals surface area contributed by atoms with Gasteiger partial charge in [0.15, 0.2) is 0 Å². The fraction of sp³-hybridized carbons (Fsp3) is 0.929. The van der Waals surface area contributed by atoms with E-state index in [0.717, 1.165) is 45.4 Å². The Bertz CT molecular complexity index is 252. The maximum atomic E-state index is 11.6. The fourth-order valence-electron chi connectivity index (χ4n) is 2.63. The van der Waals surface area contributed by atoms with E-state index in [1.165, 1.54) is 19.3 Å². The first-order valence-electron chi connectivity index (χ1n) is 7.30. The van der Waals surface area contributed by atoms with E-state index in [4.69, 9.17) is 0 Å². The topological polar surface area (TPSA) is 52.6 Å². The van der Waals surface area contributed by atoms with Crippen LogP contribution in [-0.2, 0) is 4.79 Å². The molecule has 1 fully saturated rings. The van der Waals surface area contributed by atoms with E-state index in [1.807, 2.05) is 6.92 Å². The molecule has 0 aromatic heterocycles. The lowest BCUT2D eigenvalue weighted by Gasteiger charge is -2.40. The lowest BCUT2D eigenvalue weighted by molar-refractivity contribution is -0.151. The van der Waals surface area contributed by atoms with Crippen molar-refractivity contribution in [1.82, 2.24) is 10.2 Å². The van der Waals surface area contributed by atoms with Crippen molar-refractivity contribution in [2.75, 3.05) is 26.2 Å². The Balaban J connectivity index is 2.43. The zero-order valence-electron chi connectivity index (χ0n) is 11.9. The summed E-state index contributed by atoms with van der Waals surface area (Å²) in [6.07, 6.45) is 6.67. The van der Waals surface area contributed by atoms with Crippen LogP contribution in [0.25, 0.3) is 0 Å². The second-order valence-electron chi connectivity index (χ2n) is 5.48. The molecular weight excluding hydrogens is 228 g/mol. The monoisotopic (exact) mass is 256 g/mol. The van der Waals surface area contributed by atoms with Gasteiger partial charge in [-0.1, -0.05) is 39.0 Å². The third-order valence-electron chi connectivity index (χ3n) is 4.04. The summed E-state index contributed by atoms with van der Waals surface area (Å²) < 4.78 is 0. The van der Waals surface area contributed by atoms with Crippen molar-refractivity contribution in [2.45, 2.75) is 57.9 Å². The molecule has 1 atom stereocenters. The van der Waals surface area contributed by atoms with Crippen LogP contribution < -0.4 is 5.32 Å². The number of unbranched alkanes of at least 4 members (excludes halogenated alkanes) is 4. The van der Waals surface area contributed by atoms with Crippen LogP contribution in [0.5, 0.6) is 0 Å². The van der Waals surface area contributed by atoms with Crippen LogP contribution in [0.1, 0.15) is 52.4 Å². The summed E-state index contributed by atoms with van der Waals surface area (Å²) in [4.78, 5) is 13.7. The van der Waals surface area contributed by atoms with E-state index in [9.17, 15) is 9.90 Å². The molecule has 1 saturated heterocycles. The van der Waals surface area contributed by atoms with Crippen molar-refractivity contribution >= 4 is 5.97 Å². The lowest BCUT2D eigenvalue weighted by Crippen LogP contribution is -2.58. The first-order valence-corrected chi connectivity index (χ1v) is 7.30. The molecule has 0 aromatic carbocycles. The normalized spacial score (nSPS) is 20.6. The molecule has 2 N–H and O–H groups in total. The van der Waals surface area contributed by atoms with E-state index < -0.39 is 11.5 Å². The molecule has 4 nitrogen and oxygen atoms in total. The second kappa shape index (κ2) is 7.74. The van der Waals surface area contributed by atoms with Crippen LogP contribution in [0.15, 0.2) is 0 Å².